The number of H-pyrrole nitrogens is 1. The summed E-state index contributed by atoms with van der Waals surface area (Å²) in [6.07, 6.45) is 2.20. The molecule has 1 fully saturated rings. The lowest BCUT2D eigenvalue weighted by molar-refractivity contribution is -0.121. The number of nitrogens with zero attached hydrogens (tertiary/aromatic N) is 1. The highest BCUT2D eigenvalue weighted by molar-refractivity contribution is 9.10. The first-order valence-corrected chi connectivity index (χ1v) is 9.64. The number of methoxy groups -OCH3 is 1. The molecule has 1 saturated heterocycles. The van der Waals surface area contributed by atoms with Crippen LogP contribution in [0.2, 0.25) is 0 Å². The maximum absolute atomic E-state index is 12.9. The Hall–Kier alpha value is -1.86. The Kier molecular flexibility index (Phi) is 5.67. The molecule has 7 heteroatoms. The van der Waals surface area contributed by atoms with Gasteiger partial charge in [0, 0.05) is 15.4 Å². The lowest BCUT2D eigenvalue weighted by Gasteiger charge is -2.34. The number of esters is 1. The normalized spacial score (nSPS) is 17.2. The number of rotatable bonds is 4. The zero-order valence-electron chi connectivity index (χ0n) is 15.3. The fourth-order valence-electron chi connectivity index (χ4n) is 3.36. The van der Waals surface area contributed by atoms with Gasteiger partial charge in [-0.1, -0.05) is 22.9 Å². The van der Waals surface area contributed by atoms with E-state index in [1.54, 1.807) is 0 Å². The van der Waals surface area contributed by atoms with Crippen LogP contribution in [0.1, 0.15) is 37.2 Å². The SMILES string of the molecule is COC(=O)c1[nH]c2ccc(Br)cc2c1NC(=O)C(C)N1CCC(C)CC1. The number of fused-ring (bicyclic) bond motifs is 1. The number of ether oxygens (including phenoxy) is 1. The monoisotopic (exact) mass is 421 g/mol. The predicted octanol–water partition coefficient (Wildman–Crippen LogP) is 3.78. The van der Waals surface area contributed by atoms with Crippen molar-refractivity contribution in [1.29, 1.82) is 0 Å². The van der Waals surface area contributed by atoms with Crippen molar-refractivity contribution in [3.8, 4) is 0 Å². The van der Waals surface area contributed by atoms with E-state index in [-0.39, 0.29) is 17.6 Å². The van der Waals surface area contributed by atoms with Gasteiger partial charge in [-0.3, -0.25) is 9.69 Å². The van der Waals surface area contributed by atoms with Gasteiger partial charge in [0.15, 0.2) is 0 Å². The first kappa shape index (κ1) is 18.9. The lowest BCUT2D eigenvalue weighted by Crippen LogP contribution is -2.45. The van der Waals surface area contributed by atoms with Crippen molar-refractivity contribution in [2.75, 3.05) is 25.5 Å². The number of nitrogens with one attached hydrogen (secondary N) is 2. The van der Waals surface area contributed by atoms with Gasteiger partial charge in [-0.25, -0.2) is 4.79 Å². The molecule has 1 aromatic carbocycles. The van der Waals surface area contributed by atoms with Crippen LogP contribution < -0.4 is 5.32 Å². The van der Waals surface area contributed by atoms with Gasteiger partial charge in [-0.15, -0.1) is 0 Å². The minimum absolute atomic E-state index is 0.120. The van der Waals surface area contributed by atoms with Gasteiger partial charge >= 0.3 is 5.97 Å². The Balaban J connectivity index is 1.88. The number of likely N-dealkylation sites (tertiary alicyclic amines) is 1. The second-order valence-corrected chi connectivity index (χ2v) is 7.86. The van der Waals surface area contributed by atoms with Crippen molar-refractivity contribution in [3.05, 3.63) is 28.4 Å². The summed E-state index contributed by atoms with van der Waals surface area (Å²) >= 11 is 3.44. The summed E-state index contributed by atoms with van der Waals surface area (Å²) in [6, 6.07) is 5.35. The standard InChI is InChI=1S/C19H24BrN3O3/c1-11-6-8-23(9-7-11)12(2)18(24)22-16-14-10-13(20)4-5-15(14)21-17(16)19(25)26-3/h4-5,10-12,21H,6-9H2,1-3H3,(H,22,24). The van der Waals surface area contributed by atoms with Crippen molar-refractivity contribution >= 4 is 44.4 Å². The summed E-state index contributed by atoms with van der Waals surface area (Å²) in [5.74, 6) is 0.0797. The number of amides is 1. The number of anilines is 1. The third-order valence-electron chi connectivity index (χ3n) is 5.14. The molecule has 3 rings (SSSR count). The van der Waals surface area contributed by atoms with E-state index in [4.69, 9.17) is 4.74 Å². The molecule has 26 heavy (non-hydrogen) atoms. The minimum atomic E-state index is -0.507. The van der Waals surface area contributed by atoms with Gasteiger partial charge in [0.05, 0.1) is 18.8 Å². The molecule has 0 bridgehead atoms. The number of carbonyl (C=O) groups excluding carboxylic acids is 2. The number of hydrogen-bond donors (Lipinski definition) is 2. The van der Waals surface area contributed by atoms with Gasteiger partial charge in [-0.2, -0.15) is 0 Å². The molecule has 0 aliphatic carbocycles. The average Bonchev–Trinajstić information content (AvgIpc) is 2.98. The van der Waals surface area contributed by atoms with Gasteiger partial charge in [0.2, 0.25) is 5.91 Å². The van der Waals surface area contributed by atoms with Gasteiger partial charge < -0.3 is 15.0 Å². The van der Waals surface area contributed by atoms with E-state index in [2.05, 4.69) is 38.1 Å². The quantitative estimate of drug-likeness (QED) is 0.736. The van der Waals surface area contributed by atoms with Crippen molar-refractivity contribution in [1.82, 2.24) is 9.88 Å². The molecule has 1 aromatic heterocycles. The molecule has 0 saturated carbocycles. The van der Waals surface area contributed by atoms with Crippen LogP contribution in [0, 0.1) is 5.92 Å². The van der Waals surface area contributed by atoms with E-state index < -0.39 is 5.97 Å². The number of carbonyl (C=O) groups is 2. The summed E-state index contributed by atoms with van der Waals surface area (Å²) in [5.41, 5.74) is 1.49. The number of hydrogen-bond acceptors (Lipinski definition) is 4. The summed E-state index contributed by atoms with van der Waals surface area (Å²) in [7, 11) is 1.33. The Labute approximate surface area is 161 Å². The Bertz CT molecular complexity index is 825. The maximum Gasteiger partial charge on any atom is 0.356 e. The van der Waals surface area contributed by atoms with Crippen molar-refractivity contribution in [2.45, 2.75) is 32.7 Å². The molecule has 2 N–H and O–H groups in total. The Morgan fingerprint density at radius 2 is 2.04 bits per heavy atom. The highest BCUT2D eigenvalue weighted by atomic mass is 79.9. The first-order valence-electron chi connectivity index (χ1n) is 8.85. The molecular weight excluding hydrogens is 398 g/mol. The summed E-state index contributed by atoms with van der Waals surface area (Å²) in [5, 5.41) is 3.72. The van der Waals surface area contributed by atoms with Crippen LogP contribution in [-0.2, 0) is 9.53 Å². The largest absolute Gasteiger partial charge is 0.464 e. The average molecular weight is 422 g/mol. The molecule has 0 radical (unpaired) electrons. The number of benzene rings is 1. The smallest absolute Gasteiger partial charge is 0.356 e. The zero-order chi connectivity index (χ0) is 18.8. The molecule has 140 valence electrons. The molecule has 1 atom stereocenters. The van der Waals surface area contributed by atoms with Crippen LogP contribution in [0.3, 0.4) is 0 Å². The van der Waals surface area contributed by atoms with Crippen LogP contribution >= 0.6 is 15.9 Å². The zero-order valence-corrected chi connectivity index (χ0v) is 16.9. The molecule has 2 aromatic rings. The second-order valence-electron chi connectivity index (χ2n) is 6.94. The molecular formula is C19H24BrN3O3. The first-order chi connectivity index (χ1) is 12.4. The number of piperidine rings is 1. The topological polar surface area (TPSA) is 74.4 Å². The summed E-state index contributed by atoms with van der Waals surface area (Å²) in [6.45, 7) is 5.99. The van der Waals surface area contributed by atoms with E-state index in [1.165, 1.54) is 7.11 Å². The third-order valence-corrected chi connectivity index (χ3v) is 5.64. The molecule has 1 aliphatic heterocycles. The van der Waals surface area contributed by atoms with Crippen LogP contribution in [0.15, 0.2) is 22.7 Å². The Morgan fingerprint density at radius 1 is 1.35 bits per heavy atom. The molecule has 1 aliphatic rings. The molecule has 1 unspecified atom stereocenters. The summed E-state index contributed by atoms with van der Waals surface area (Å²) < 4.78 is 5.73. The molecule has 0 spiro atoms. The van der Waals surface area contributed by atoms with Gasteiger partial charge in [-0.05, 0) is 57.0 Å². The van der Waals surface area contributed by atoms with Gasteiger partial charge in [0.25, 0.3) is 0 Å². The van der Waals surface area contributed by atoms with E-state index in [9.17, 15) is 9.59 Å². The van der Waals surface area contributed by atoms with Crippen molar-refractivity contribution in [2.24, 2.45) is 5.92 Å². The fourth-order valence-corrected chi connectivity index (χ4v) is 3.72. The Morgan fingerprint density at radius 3 is 2.69 bits per heavy atom. The number of aromatic amines is 1. The van der Waals surface area contributed by atoms with E-state index in [0.717, 1.165) is 41.3 Å². The van der Waals surface area contributed by atoms with E-state index in [1.807, 2.05) is 25.1 Å². The highest BCUT2D eigenvalue weighted by Gasteiger charge is 2.27. The van der Waals surface area contributed by atoms with Gasteiger partial charge in [0.1, 0.15) is 5.69 Å². The molecule has 6 nitrogen and oxygen atoms in total. The van der Waals surface area contributed by atoms with Crippen molar-refractivity contribution in [3.63, 3.8) is 0 Å². The van der Waals surface area contributed by atoms with Crippen molar-refractivity contribution < 1.29 is 14.3 Å². The second kappa shape index (κ2) is 7.80. The summed E-state index contributed by atoms with van der Waals surface area (Å²) in [4.78, 5) is 30.2. The maximum atomic E-state index is 12.9. The van der Waals surface area contributed by atoms with Crippen LogP contribution in [-0.4, -0.2) is 48.0 Å². The molecule has 1 amide bonds. The number of halogens is 1. The minimum Gasteiger partial charge on any atom is -0.464 e. The number of aromatic nitrogens is 1. The predicted molar refractivity (Wildman–Crippen MR) is 105 cm³/mol. The van der Waals surface area contributed by atoms with E-state index in [0.29, 0.717) is 11.6 Å². The third kappa shape index (κ3) is 3.78. The lowest BCUT2D eigenvalue weighted by atomic mass is 9.98. The van der Waals surface area contributed by atoms with E-state index >= 15 is 0 Å². The van der Waals surface area contributed by atoms with Crippen LogP contribution in [0.5, 0.6) is 0 Å². The highest BCUT2D eigenvalue weighted by Crippen LogP contribution is 2.31. The molecule has 2 heterocycles. The van der Waals surface area contributed by atoms with Crippen LogP contribution in [0.25, 0.3) is 10.9 Å². The fraction of sp³-hybridized carbons (Fsp3) is 0.474. The van der Waals surface area contributed by atoms with Crippen LogP contribution in [0.4, 0.5) is 5.69 Å².